The average Bonchev–Trinajstić information content (AvgIpc) is 2.59. The van der Waals surface area contributed by atoms with Crippen molar-refractivity contribution in [2.45, 2.75) is 13.3 Å². The maximum absolute atomic E-state index is 11.0. The van der Waals surface area contributed by atoms with Crippen molar-refractivity contribution in [2.24, 2.45) is 0 Å². The third-order valence-electron chi connectivity index (χ3n) is 3.29. The number of hydrogen-bond acceptors (Lipinski definition) is 4. The first-order chi connectivity index (χ1) is 10.8. The SMILES string of the molecule is CCc1ccc(OCCOc2cc(OC)ccc2C=O)cc1. The lowest BCUT2D eigenvalue weighted by Crippen LogP contribution is -2.10. The number of aldehydes is 1. The van der Waals surface area contributed by atoms with Crippen LogP contribution in [0.3, 0.4) is 0 Å². The van der Waals surface area contributed by atoms with Crippen molar-refractivity contribution < 1.29 is 19.0 Å². The van der Waals surface area contributed by atoms with Gasteiger partial charge in [-0.2, -0.15) is 0 Å². The number of benzene rings is 2. The van der Waals surface area contributed by atoms with Crippen LogP contribution >= 0.6 is 0 Å². The van der Waals surface area contributed by atoms with Crippen molar-refractivity contribution in [3.63, 3.8) is 0 Å². The Bertz CT molecular complexity index is 605. The molecule has 0 fully saturated rings. The molecule has 0 atom stereocenters. The molecule has 2 aromatic rings. The number of rotatable bonds is 8. The second kappa shape index (κ2) is 8.08. The van der Waals surface area contributed by atoms with Gasteiger partial charge in [-0.3, -0.25) is 4.79 Å². The summed E-state index contributed by atoms with van der Waals surface area (Å²) in [6.45, 7) is 2.87. The maximum atomic E-state index is 11.0. The number of carbonyl (C=O) groups is 1. The zero-order valence-electron chi connectivity index (χ0n) is 12.9. The summed E-state index contributed by atoms with van der Waals surface area (Å²) in [4.78, 5) is 11.0. The van der Waals surface area contributed by atoms with Gasteiger partial charge in [-0.05, 0) is 36.2 Å². The molecular weight excluding hydrogens is 280 g/mol. The highest BCUT2D eigenvalue weighted by Gasteiger charge is 2.05. The lowest BCUT2D eigenvalue weighted by Gasteiger charge is -2.11. The van der Waals surface area contributed by atoms with Crippen LogP contribution in [-0.4, -0.2) is 26.6 Å². The molecule has 116 valence electrons. The Labute approximate surface area is 130 Å². The molecule has 0 aliphatic heterocycles. The number of hydrogen-bond donors (Lipinski definition) is 0. The summed E-state index contributed by atoms with van der Waals surface area (Å²) < 4.78 is 16.3. The Morgan fingerprint density at radius 2 is 1.64 bits per heavy atom. The van der Waals surface area contributed by atoms with E-state index in [1.54, 1.807) is 25.3 Å². The predicted octanol–water partition coefficient (Wildman–Crippen LogP) is 3.53. The van der Waals surface area contributed by atoms with E-state index in [4.69, 9.17) is 14.2 Å². The van der Waals surface area contributed by atoms with Crippen LogP contribution in [0.15, 0.2) is 42.5 Å². The Morgan fingerprint density at radius 1 is 0.955 bits per heavy atom. The molecule has 0 amide bonds. The molecule has 0 aromatic heterocycles. The molecule has 0 N–H and O–H groups in total. The van der Waals surface area contributed by atoms with Crippen molar-refractivity contribution in [3.8, 4) is 17.2 Å². The van der Waals surface area contributed by atoms with Gasteiger partial charge >= 0.3 is 0 Å². The van der Waals surface area contributed by atoms with Gasteiger partial charge in [0.25, 0.3) is 0 Å². The lowest BCUT2D eigenvalue weighted by atomic mass is 10.2. The van der Waals surface area contributed by atoms with E-state index in [0.29, 0.717) is 30.3 Å². The smallest absolute Gasteiger partial charge is 0.153 e. The highest BCUT2D eigenvalue weighted by atomic mass is 16.5. The predicted molar refractivity (Wildman–Crippen MR) is 85.2 cm³/mol. The summed E-state index contributed by atoms with van der Waals surface area (Å²) in [5.74, 6) is 1.96. The lowest BCUT2D eigenvalue weighted by molar-refractivity contribution is 0.111. The number of carbonyl (C=O) groups excluding carboxylic acids is 1. The van der Waals surface area contributed by atoms with E-state index in [0.717, 1.165) is 18.5 Å². The summed E-state index contributed by atoms with van der Waals surface area (Å²) >= 11 is 0. The van der Waals surface area contributed by atoms with Crippen molar-refractivity contribution in [1.82, 2.24) is 0 Å². The van der Waals surface area contributed by atoms with Crippen LogP contribution in [0.25, 0.3) is 0 Å². The van der Waals surface area contributed by atoms with Gasteiger partial charge in [0.05, 0.1) is 12.7 Å². The Balaban J connectivity index is 1.86. The quantitative estimate of drug-likeness (QED) is 0.552. The number of aryl methyl sites for hydroxylation is 1. The molecule has 0 spiro atoms. The van der Waals surface area contributed by atoms with Gasteiger partial charge in [-0.1, -0.05) is 19.1 Å². The molecular formula is C18H20O4. The van der Waals surface area contributed by atoms with Gasteiger partial charge < -0.3 is 14.2 Å². The molecule has 2 rings (SSSR count). The van der Waals surface area contributed by atoms with Crippen LogP contribution in [-0.2, 0) is 6.42 Å². The fourth-order valence-electron chi connectivity index (χ4n) is 2.00. The van der Waals surface area contributed by atoms with Gasteiger partial charge in [0.2, 0.25) is 0 Å². The van der Waals surface area contributed by atoms with Crippen LogP contribution in [0.4, 0.5) is 0 Å². The molecule has 4 nitrogen and oxygen atoms in total. The number of ether oxygens (including phenoxy) is 3. The Kier molecular flexibility index (Phi) is 5.83. The molecule has 0 unspecified atom stereocenters. The van der Waals surface area contributed by atoms with Crippen molar-refractivity contribution in [3.05, 3.63) is 53.6 Å². The van der Waals surface area contributed by atoms with E-state index in [1.807, 2.05) is 24.3 Å². The highest BCUT2D eigenvalue weighted by Crippen LogP contribution is 2.23. The standard InChI is InChI=1S/C18H20O4/c1-3-14-4-7-16(8-5-14)21-10-11-22-18-12-17(20-2)9-6-15(18)13-19/h4-9,12-13H,3,10-11H2,1-2H3. The highest BCUT2D eigenvalue weighted by molar-refractivity contribution is 5.79. The molecule has 0 aliphatic carbocycles. The summed E-state index contributed by atoms with van der Waals surface area (Å²) in [5, 5.41) is 0. The largest absolute Gasteiger partial charge is 0.497 e. The molecule has 0 heterocycles. The van der Waals surface area contributed by atoms with Gasteiger partial charge in [0.1, 0.15) is 30.5 Å². The van der Waals surface area contributed by atoms with Crippen molar-refractivity contribution in [2.75, 3.05) is 20.3 Å². The molecule has 22 heavy (non-hydrogen) atoms. The number of methoxy groups -OCH3 is 1. The molecule has 0 bridgehead atoms. The Hall–Kier alpha value is -2.49. The van der Waals surface area contributed by atoms with E-state index >= 15 is 0 Å². The summed E-state index contributed by atoms with van der Waals surface area (Å²) in [6, 6.07) is 13.1. The minimum Gasteiger partial charge on any atom is -0.497 e. The molecule has 0 radical (unpaired) electrons. The first-order valence-corrected chi connectivity index (χ1v) is 7.24. The van der Waals surface area contributed by atoms with E-state index in [2.05, 4.69) is 6.92 Å². The van der Waals surface area contributed by atoms with E-state index < -0.39 is 0 Å². The van der Waals surface area contributed by atoms with Crippen molar-refractivity contribution in [1.29, 1.82) is 0 Å². The molecule has 0 aliphatic rings. The molecule has 2 aromatic carbocycles. The van der Waals surface area contributed by atoms with Crippen LogP contribution < -0.4 is 14.2 Å². The van der Waals surface area contributed by atoms with E-state index in [-0.39, 0.29) is 0 Å². The zero-order chi connectivity index (χ0) is 15.8. The zero-order valence-corrected chi connectivity index (χ0v) is 12.9. The van der Waals surface area contributed by atoms with Crippen molar-refractivity contribution >= 4 is 6.29 Å². The van der Waals surface area contributed by atoms with Gasteiger partial charge in [-0.15, -0.1) is 0 Å². The normalized spacial score (nSPS) is 10.1. The van der Waals surface area contributed by atoms with Crippen LogP contribution in [0.5, 0.6) is 17.2 Å². The first kappa shape index (κ1) is 15.9. The van der Waals surface area contributed by atoms with E-state index in [9.17, 15) is 4.79 Å². The fourth-order valence-corrected chi connectivity index (χ4v) is 2.00. The molecule has 4 heteroatoms. The minimum atomic E-state index is 0.351. The summed E-state index contributed by atoms with van der Waals surface area (Å²) in [7, 11) is 1.57. The Morgan fingerprint density at radius 3 is 2.27 bits per heavy atom. The second-order valence-electron chi connectivity index (χ2n) is 4.72. The van der Waals surface area contributed by atoms with Crippen LogP contribution in [0, 0.1) is 0 Å². The minimum absolute atomic E-state index is 0.351. The van der Waals surface area contributed by atoms with Crippen LogP contribution in [0.1, 0.15) is 22.8 Å². The first-order valence-electron chi connectivity index (χ1n) is 7.24. The van der Waals surface area contributed by atoms with Gasteiger partial charge in [0, 0.05) is 6.07 Å². The third kappa shape index (κ3) is 4.25. The fraction of sp³-hybridized carbons (Fsp3) is 0.278. The second-order valence-corrected chi connectivity index (χ2v) is 4.72. The van der Waals surface area contributed by atoms with Gasteiger partial charge in [0.15, 0.2) is 6.29 Å². The third-order valence-corrected chi connectivity index (χ3v) is 3.29. The summed E-state index contributed by atoms with van der Waals surface area (Å²) in [6.07, 6.45) is 1.77. The van der Waals surface area contributed by atoms with E-state index in [1.165, 1.54) is 5.56 Å². The monoisotopic (exact) mass is 300 g/mol. The molecule has 0 saturated carbocycles. The topological polar surface area (TPSA) is 44.8 Å². The van der Waals surface area contributed by atoms with Gasteiger partial charge in [-0.25, -0.2) is 0 Å². The molecule has 0 saturated heterocycles. The average molecular weight is 300 g/mol. The maximum Gasteiger partial charge on any atom is 0.153 e. The van der Waals surface area contributed by atoms with Crippen LogP contribution in [0.2, 0.25) is 0 Å². The summed E-state index contributed by atoms with van der Waals surface area (Å²) in [5.41, 5.74) is 1.77.